The van der Waals surface area contributed by atoms with E-state index in [2.05, 4.69) is 0 Å². The summed E-state index contributed by atoms with van der Waals surface area (Å²) in [5, 5.41) is 0. The number of rotatable bonds is 1. The fraction of sp³-hybridized carbons (Fsp3) is 1.00. The van der Waals surface area contributed by atoms with E-state index in [0.717, 1.165) is 31.9 Å². The summed E-state index contributed by atoms with van der Waals surface area (Å²) < 4.78 is 84.6. The van der Waals surface area contributed by atoms with E-state index in [1.165, 1.54) is 0 Å². The Kier molecular flexibility index (Phi) is 3.56. The zero-order chi connectivity index (χ0) is 12.0. The van der Waals surface area contributed by atoms with Crippen LogP contribution in [0.4, 0.5) is 35.1 Å². The Morgan fingerprint density at radius 1 is 0.500 bits per heavy atom. The van der Waals surface area contributed by atoms with Gasteiger partial charge in [-0.25, -0.2) is 8.78 Å². The Labute approximate surface area is 88.9 Å². The first kappa shape index (κ1) is 14.4. The van der Waals surface area contributed by atoms with Gasteiger partial charge in [0.1, 0.15) is 0 Å². The van der Waals surface area contributed by atoms with Gasteiger partial charge in [-0.05, 0) is 31.9 Å². The van der Waals surface area contributed by atoms with Crippen molar-refractivity contribution in [1.82, 2.24) is 0 Å². The molecular formula is C4Br2F8. The van der Waals surface area contributed by atoms with E-state index in [1.54, 1.807) is 0 Å². The molecule has 0 radical (unpaired) electrons. The molecule has 86 valence electrons. The van der Waals surface area contributed by atoms with Crippen LogP contribution in [0.15, 0.2) is 0 Å². The van der Waals surface area contributed by atoms with Crippen LogP contribution in [-0.4, -0.2) is 21.5 Å². The molecule has 0 heterocycles. The lowest BCUT2D eigenvalue weighted by Gasteiger charge is -2.32. The monoisotopic (exact) mass is 358 g/mol. The number of alkyl halides is 10. The molecule has 0 saturated carbocycles. The van der Waals surface area contributed by atoms with Crippen molar-refractivity contribution in [3.63, 3.8) is 0 Å². The Morgan fingerprint density at radius 2 is 0.643 bits per heavy atom. The summed E-state index contributed by atoms with van der Waals surface area (Å²) in [4.78, 5) is 0. The second kappa shape index (κ2) is 3.46. The Bertz CT molecular complexity index is 188. The molecule has 14 heavy (non-hydrogen) atoms. The van der Waals surface area contributed by atoms with Gasteiger partial charge >= 0.3 is 21.5 Å². The Balaban J connectivity index is 5.30. The molecule has 0 aromatic carbocycles. The van der Waals surface area contributed by atoms with Crippen molar-refractivity contribution in [2.45, 2.75) is 21.5 Å². The van der Waals surface area contributed by atoms with Gasteiger partial charge in [0.05, 0.1) is 0 Å². The van der Waals surface area contributed by atoms with Crippen LogP contribution in [0.1, 0.15) is 0 Å². The van der Waals surface area contributed by atoms with E-state index < -0.39 is 21.5 Å². The largest absolute Gasteiger partial charge is 0.437 e. The highest BCUT2D eigenvalue weighted by Gasteiger charge is 2.77. The van der Waals surface area contributed by atoms with Crippen molar-refractivity contribution in [1.29, 1.82) is 0 Å². The summed E-state index contributed by atoms with van der Waals surface area (Å²) >= 11 is 2.05. The van der Waals surface area contributed by atoms with E-state index in [0.29, 0.717) is 0 Å². The molecule has 0 bridgehead atoms. The van der Waals surface area contributed by atoms with E-state index >= 15 is 0 Å². The molecule has 0 aromatic rings. The average Bonchev–Trinajstić information content (AvgIpc) is 1.81. The lowest BCUT2D eigenvalue weighted by atomic mass is 10.2. The first-order chi connectivity index (χ1) is 5.75. The number of halogens is 10. The molecule has 0 amide bonds. The summed E-state index contributed by atoms with van der Waals surface area (Å²) in [5.74, 6) is 0. The van der Waals surface area contributed by atoms with Crippen LogP contribution in [0, 0.1) is 0 Å². The quantitative estimate of drug-likeness (QED) is 0.485. The Morgan fingerprint density at radius 3 is 0.714 bits per heavy atom. The maximum absolute atomic E-state index is 12.5. The summed E-state index contributed by atoms with van der Waals surface area (Å²) in [6.45, 7) is 0. The first-order valence-corrected chi connectivity index (χ1v) is 4.23. The predicted molar refractivity (Wildman–Crippen MR) is 37.6 cm³/mol. The fourth-order valence-corrected chi connectivity index (χ4v) is 0.806. The molecule has 10 heteroatoms. The third-order valence-electron chi connectivity index (χ3n) is 1.11. The van der Waals surface area contributed by atoms with Crippen molar-refractivity contribution in [2.24, 2.45) is 0 Å². The van der Waals surface area contributed by atoms with E-state index in [9.17, 15) is 35.1 Å². The molecular weight excluding hydrogens is 360 g/mol. The van der Waals surface area contributed by atoms with Crippen molar-refractivity contribution in [3.05, 3.63) is 0 Å². The summed E-state index contributed by atoms with van der Waals surface area (Å²) in [6.07, 6.45) is -12.1. The van der Waals surface area contributed by atoms with Gasteiger partial charge < -0.3 is 0 Å². The van der Waals surface area contributed by atoms with Crippen LogP contribution >= 0.6 is 31.9 Å². The standard InChI is InChI=1S/C4Br2F8/c5-1(7,3(9,10)11)2(6,8)4(12,13)14. The van der Waals surface area contributed by atoms with Crippen molar-refractivity contribution >= 4 is 31.9 Å². The van der Waals surface area contributed by atoms with Gasteiger partial charge in [0.15, 0.2) is 0 Å². The highest BCUT2D eigenvalue weighted by Crippen LogP contribution is 2.58. The second-order valence-corrected chi connectivity index (χ2v) is 4.33. The van der Waals surface area contributed by atoms with Gasteiger partial charge in [-0.15, -0.1) is 0 Å². The summed E-state index contributed by atoms with van der Waals surface area (Å²) in [5.41, 5.74) is 0. The minimum atomic E-state index is -6.05. The van der Waals surface area contributed by atoms with Crippen molar-refractivity contribution in [3.8, 4) is 0 Å². The highest BCUT2D eigenvalue weighted by molar-refractivity contribution is 9.12. The van der Waals surface area contributed by atoms with E-state index in [1.807, 2.05) is 0 Å². The maximum atomic E-state index is 12.5. The normalized spacial score (nSPS) is 22.7. The molecule has 0 spiro atoms. The average molecular weight is 360 g/mol. The molecule has 2 unspecified atom stereocenters. The molecule has 0 aliphatic rings. The highest BCUT2D eigenvalue weighted by atomic mass is 79.9. The van der Waals surface area contributed by atoms with Gasteiger partial charge in [0.25, 0.3) is 0 Å². The molecule has 0 rings (SSSR count). The van der Waals surface area contributed by atoms with Gasteiger partial charge in [-0.1, -0.05) is 0 Å². The summed E-state index contributed by atoms with van der Waals surface area (Å²) in [6, 6.07) is 0. The van der Waals surface area contributed by atoms with Crippen LogP contribution in [0.25, 0.3) is 0 Å². The third-order valence-corrected chi connectivity index (χ3v) is 3.63. The van der Waals surface area contributed by atoms with Crippen LogP contribution in [0.5, 0.6) is 0 Å². The van der Waals surface area contributed by atoms with Crippen LogP contribution in [0.2, 0.25) is 0 Å². The van der Waals surface area contributed by atoms with Gasteiger partial charge in [0.2, 0.25) is 0 Å². The molecule has 0 aliphatic heterocycles. The lowest BCUT2D eigenvalue weighted by Crippen LogP contribution is -2.57. The molecule has 0 aliphatic carbocycles. The van der Waals surface area contributed by atoms with Crippen LogP contribution in [0.3, 0.4) is 0 Å². The third kappa shape index (κ3) is 2.15. The molecule has 0 nitrogen and oxygen atoms in total. The molecule has 0 saturated heterocycles. The molecule has 2 atom stereocenters. The van der Waals surface area contributed by atoms with Gasteiger partial charge in [-0.3, -0.25) is 0 Å². The molecule has 0 N–H and O–H groups in total. The van der Waals surface area contributed by atoms with Crippen LogP contribution in [-0.2, 0) is 0 Å². The van der Waals surface area contributed by atoms with E-state index in [4.69, 9.17) is 0 Å². The van der Waals surface area contributed by atoms with E-state index in [-0.39, 0.29) is 0 Å². The number of hydrogen-bond donors (Lipinski definition) is 0. The Hall–Kier alpha value is 0.400. The maximum Gasteiger partial charge on any atom is 0.437 e. The predicted octanol–water partition coefficient (Wildman–Crippen LogP) is 4.23. The smallest absolute Gasteiger partial charge is 0.216 e. The minimum absolute atomic E-state index is 1.03. The van der Waals surface area contributed by atoms with Gasteiger partial charge in [0, 0.05) is 0 Å². The zero-order valence-electron chi connectivity index (χ0n) is 5.78. The SMILES string of the molecule is FC(F)(F)C(F)(Br)C(F)(Br)C(F)(F)F. The topological polar surface area (TPSA) is 0 Å². The molecule has 0 aromatic heterocycles. The van der Waals surface area contributed by atoms with Gasteiger partial charge in [-0.2, -0.15) is 26.3 Å². The second-order valence-electron chi connectivity index (χ2n) is 2.14. The van der Waals surface area contributed by atoms with Crippen molar-refractivity contribution in [2.75, 3.05) is 0 Å². The summed E-state index contributed by atoms with van der Waals surface area (Å²) in [7, 11) is 0. The molecule has 0 fully saturated rings. The fourth-order valence-electron chi connectivity index (χ4n) is 0.356. The zero-order valence-corrected chi connectivity index (χ0v) is 8.95. The number of hydrogen-bond acceptors (Lipinski definition) is 0. The first-order valence-electron chi connectivity index (χ1n) is 2.64. The van der Waals surface area contributed by atoms with Crippen molar-refractivity contribution < 1.29 is 35.1 Å². The minimum Gasteiger partial charge on any atom is -0.216 e. The lowest BCUT2D eigenvalue weighted by molar-refractivity contribution is -0.278. The van der Waals surface area contributed by atoms with Crippen LogP contribution < -0.4 is 0 Å².